The molecule has 0 radical (unpaired) electrons. The highest BCUT2D eigenvalue weighted by atomic mass is 79.9. The molecule has 0 unspecified atom stereocenters. The summed E-state index contributed by atoms with van der Waals surface area (Å²) in [4.78, 5) is 11.9. The van der Waals surface area contributed by atoms with Crippen molar-refractivity contribution in [1.82, 2.24) is 0 Å². The summed E-state index contributed by atoms with van der Waals surface area (Å²) < 4.78 is 3.66. The van der Waals surface area contributed by atoms with Gasteiger partial charge in [-0.3, -0.25) is 4.79 Å². The lowest BCUT2D eigenvalue weighted by atomic mass is 10.3. The molecular weight excluding hydrogens is 407 g/mol. The maximum Gasteiger partial charge on any atom is 0.290 e. The molecule has 0 aliphatic rings. The predicted octanol–water partition coefficient (Wildman–Crippen LogP) is 0.450. The number of nitrogens with one attached hydrogen (secondary N) is 1. The van der Waals surface area contributed by atoms with Gasteiger partial charge >= 0.3 is 0 Å². The van der Waals surface area contributed by atoms with Gasteiger partial charge in [0.05, 0.1) is 5.69 Å². The maximum absolute atomic E-state index is 11.9. The van der Waals surface area contributed by atoms with Gasteiger partial charge in [0, 0.05) is 21.1 Å². The Morgan fingerprint density at radius 3 is 2.45 bits per heavy atom. The lowest BCUT2D eigenvalue weighted by Gasteiger charge is -2.06. The van der Waals surface area contributed by atoms with Crippen LogP contribution in [0.25, 0.3) is 0 Å². The van der Waals surface area contributed by atoms with E-state index < -0.39 is 0 Å². The minimum absolute atomic E-state index is 0. The number of amides is 1. The fourth-order valence-electron chi connectivity index (χ4n) is 1.58. The predicted molar refractivity (Wildman–Crippen MR) is 81.8 cm³/mol. The second-order valence-corrected chi connectivity index (χ2v) is 5.99. The van der Waals surface area contributed by atoms with Crippen LogP contribution in [0.3, 0.4) is 0 Å². The van der Waals surface area contributed by atoms with E-state index in [-0.39, 0.29) is 18.3 Å². The second kappa shape index (κ2) is 7.76. The van der Waals surface area contributed by atoms with Crippen molar-refractivity contribution in [3.63, 3.8) is 0 Å². The highest BCUT2D eigenvalue weighted by molar-refractivity contribution is 9.11. The van der Waals surface area contributed by atoms with Crippen molar-refractivity contribution >= 4 is 43.5 Å². The molecule has 1 N–H and O–H groups in total. The molecule has 0 saturated heterocycles. The summed E-state index contributed by atoms with van der Waals surface area (Å²) in [6.07, 6.45) is 3.79. The summed E-state index contributed by atoms with van der Waals surface area (Å²) >= 11 is 6.80. The number of anilines is 1. The van der Waals surface area contributed by atoms with Gasteiger partial charge in [-0.25, -0.2) is 0 Å². The van der Waals surface area contributed by atoms with E-state index in [1.54, 1.807) is 0 Å². The maximum atomic E-state index is 11.9. The first-order valence-electron chi connectivity index (χ1n) is 5.75. The number of aromatic nitrogens is 1. The van der Waals surface area contributed by atoms with Gasteiger partial charge in [0.15, 0.2) is 12.4 Å². The summed E-state index contributed by atoms with van der Waals surface area (Å²) in [6, 6.07) is 9.59. The number of carbonyl (C=O) groups excluding carboxylic acids is 1. The highest BCUT2D eigenvalue weighted by Gasteiger charge is 2.10. The molecule has 20 heavy (non-hydrogen) atoms. The lowest BCUT2D eigenvalue weighted by Crippen LogP contribution is -3.00. The van der Waals surface area contributed by atoms with Crippen molar-refractivity contribution in [3.8, 4) is 0 Å². The Labute approximate surface area is 141 Å². The Kier molecular flexibility index (Phi) is 6.65. The van der Waals surface area contributed by atoms with Gasteiger partial charge < -0.3 is 17.7 Å². The molecule has 1 amide bonds. The quantitative estimate of drug-likeness (QED) is 0.719. The first kappa shape index (κ1) is 17.1. The number of aryl methyl sites for hydroxylation is 1. The van der Waals surface area contributed by atoms with Crippen LogP contribution in [-0.4, -0.2) is 5.91 Å². The summed E-state index contributed by atoms with van der Waals surface area (Å²) in [5.41, 5.74) is 1.94. The standard InChI is InChI=1S/C14H12Br2N2O.ClH/c1-10-4-6-18(7-5-10)9-14(19)17-13-3-2-11(15)8-12(13)16;/h2-8H,9H2,1H3;1H. The smallest absolute Gasteiger partial charge is 0.290 e. The molecule has 6 heteroatoms. The fraction of sp³-hybridized carbons (Fsp3) is 0.143. The lowest BCUT2D eigenvalue weighted by molar-refractivity contribution is -0.684. The molecule has 1 aromatic carbocycles. The molecular formula is C14H13Br2ClN2O. The number of hydrogen-bond donors (Lipinski definition) is 1. The monoisotopic (exact) mass is 418 g/mol. The third-order valence-corrected chi connectivity index (χ3v) is 3.74. The molecule has 0 atom stereocenters. The molecule has 106 valence electrons. The largest absolute Gasteiger partial charge is 1.00 e. The molecule has 2 aromatic rings. The van der Waals surface area contributed by atoms with Crippen LogP contribution in [0.15, 0.2) is 51.7 Å². The van der Waals surface area contributed by atoms with Gasteiger partial charge in [-0.1, -0.05) is 15.9 Å². The van der Waals surface area contributed by atoms with Crippen LogP contribution >= 0.6 is 31.9 Å². The van der Waals surface area contributed by atoms with Crippen LogP contribution < -0.4 is 22.3 Å². The molecule has 3 nitrogen and oxygen atoms in total. The van der Waals surface area contributed by atoms with E-state index in [4.69, 9.17) is 0 Å². The zero-order valence-corrected chi connectivity index (χ0v) is 14.7. The van der Waals surface area contributed by atoms with Gasteiger partial charge in [-0.15, -0.1) is 0 Å². The van der Waals surface area contributed by atoms with Crippen LogP contribution in [0.5, 0.6) is 0 Å². The van der Waals surface area contributed by atoms with Crippen LogP contribution in [0.2, 0.25) is 0 Å². The average Bonchev–Trinajstić information content (AvgIpc) is 2.36. The number of nitrogens with zero attached hydrogens (tertiary/aromatic N) is 1. The number of benzene rings is 1. The fourth-order valence-corrected chi connectivity index (χ4v) is 2.73. The Morgan fingerprint density at radius 2 is 1.85 bits per heavy atom. The SMILES string of the molecule is Cc1cc[n+](CC(=O)Nc2ccc(Br)cc2Br)cc1.[Cl-]. The number of carbonyl (C=O) groups is 1. The first-order valence-corrected chi connectivity index (χ1v) is 7.34. The normalized spacial score (nSPS) is 9.75. The molecule has 0 spiro atoms. The van der Waals surface area contributed by atoms with Gasteiger partial charge in [0.25, 0.3) is 5.91 Å². The Balaban J connectivity index is 0.00000200. The van der Waals surface area contributed by atoms with Crippen molar-refractivity contribution in [2.75, 3.05) is 5.32 Å². The molecule has 1 aromatic heterocycles. The minimum Gasteiger partial charge on any atom is -1.00 e. The topological polar surface area (TPSA) is 33.0 Å². The van der Waals surface area contributed by atoms with Crippen LogP contribution in [0, 0.1) is 6.92 Å². The number of halogens is 3. The molecule has 0 aliphatic heterocycles. The summed E-state index contributed by atoms with van der Waals surface area (Å²) in [5, 5.41) is 2.87. The Bertz CT molecular complexity index is 603. The summed E-state index contributed by atoms with van der Waals surface area (Å²) in [7, 11) is 0. The highest BCUT2D eigenvalue weighted by Crippen LogP contribution is 2.25. The Hall–Kier alpha value is -0.910. The van der Waals surface area contributed by atoms with E-state index in [1.165, 1.54) is 5.56 Å². The Morgan fingerprint density at radius 1 is 1.20 bits per heavy atom. The number of hydrogen-bond acceptors (Lipinski definition) is 1. The van der Waals surface area contributed by atoms with Gasteiger partial charge in [0.2, 0.25) is 6.54 Å². The van der Waals surface area contributed by atoms with Crippen LogP contribution in [0.1, 0.15) is 5.56 Å². The third-order valence-electron chi connectivity index (χ3n) is 2.59. The average molecular weight is 421 g/mol. The summed E-state index contributed by atoms with van der Waals surface area (Å²) in [6.45, 7) is 2.31. The van der Waals surface area contributed by atoms with Crippen LogP contribution in [-0.2, 0) is 11.3 Å². The van der Waals surface area contributed by atoms with Gasteiger partial charge in [0.1, 0.15) is 0 Å². The molecule has 0 fully saturated rings. The van der Waals surface area contributed by atoms with Crippen LogP contribution in [0.4, 0.5) is 5.69 Å². The van der Waals surface area contributed by atoms with E-state index in [1.807, 2.05) is 54.2 Å². The molecule has 0 saturated carbocycles. The van der Waals surface area contributed by atoms with Crippen molar-refractivity contribution in [1.29, 1.82) is 0 Å². The van der Waals surface area contributed by atoms with E-state index in [0.717, 1.165) is 14.6 Å². The molecule has 0 bridgehead atoms. The van der Waals surface area contributed by atoms with E-state index in [9.17, 15) is 4.79 Å². The van der Waals surface area contributed by atoms with Crippen molar-refractivity contribution < 1.29 is 21.8 Å². The first-order chi connectivity index (χ1) is 9.04. The molecule has 1 heterocycles. The van der Waals surface area contributed by atoms with Crippen molar-refractivity contribution in [2.45, 2.75) is 13.5 Å². The van der Waals surface area contributed by atoms with Crippen molar-refractivity contribution in [3.05, 3.63) is 57.2 Å². The van der Waals surface area contributed by atoms with Gasteiger partial charge in [-0.05, 0) is 46.6 Å². The minimum atomic E-state index is -0.0584. The zero-order valence-electron chi connectivity index (χ0n) is 10.7. The molecule has 2 rings (SSSR count). The second-order valence-electron chi connectivity index (χ2n) is 4.22. The van der Waals surface area contributed by atoms with E-state index >= 15 is 0 Å². The van der Waals surface area contributed by atoms with Gasteiger partial charge in [-0.2, -0.15) is 4.57 Å². The number of pyridine rings is 1. The summed E-state index contributed by atoms with van der Waals surface area (Å²) in [5.74, 6) is -0.0584. The van der Waals surface area contributed by atoms with E-state index in [0.29, 0.717) is 6.54 Å². The molecule has 0 aliphatic carbocycles. The zero-order chi connectivity index (χ0) is 13.8. The van der Waals surface area contributed by atoms with E-state index in [2.05, 4.69) is 37.2 Å². The third kappa shape index (κ3) is 4.89. The van der Waals surface area contributed by atoms with Crippen molar-refractivity contribution in [2.24, 2.45) is 0 Å². The number of rotatable bonds is 3.